The molecule has 1 N–H and O–H groups in total. The molecule has 0 aromatic heterocycles. The number of hydrogen-bond acceptors (Lipinski definition) is 6. The highest BCUT2D eigenvalue weighted by atomic mass is 32.2. The van der Waals surface area contributed by atoms with E-state index in [1.807, 2.05) is 6.92 Å². The Kier molecular flexibility index (Phi) is 6.95. The first-order chi connectivity index (χ1) is 12.0. The number of nitrogens with one attached hydrogen (secondary N) is 1. The van der Waals surface area contributed by atoms with Gasteiger partial charge in [0.05, 0.1) is 17.4 Å². The maximum atomic E-state index is 12.1. The van der Waals surface area contributed by atoms with Crippen molar-refractivity contribution < 1.29 is 19.1 Å². The van der Waals surface area contributed by atoms with Crippen molar-refractivity contribution in [1.82, 2.24) is 4.90 Å². The largest absolute Gasteiger partial charge is 0.462 e. The maximum absolute atomic E-state index is 12.1. The van der Waals surface area contributed by atoms with Gasteiger partial charge < -0.3 is 10.1 Å². The first kappa shape index (κ1) is 19.4. The van der Waals surface area contributed by atoms with Crippen molar-refractivity contribution in [2.24, 2.45) is 0 Å². The van der Waals surface area contributed by atoms with Crippen molar-refractivity contribution in [3.05, 3.63) is 29.8 Å². The average molecular weight is 380 g/mol. The van der Waals surface area contributed by atoms with Crippen LogP contribution >= 0.6 is 24.0 Å². The highest BCUT2D eigenvalue weighted by Crippen LogP contribution is 2.29. The summed E-state index contributed by atoms with van der Waals surface area (Å²) in [5.41, 5.74) is 1.00. The van der Waals surface area contributed by atoms with Crippen LogP contribution in [0, 0.1) is 0 Å². The first-order valence-electron chi connectivity index (χ1n) is 8.05. The smallest absolute Gasteiger partial charge is 0.338 e. The Morgan fingerprint density at radius 2 is 1.96 bits per heavy atom. The third-order valence-corrected chi connectivity index (χ3v) is 5.37. The molecule has 0 spiro atoms. The third-order valence-electron chi connectivity index (χ3n) is 3.62. The van der Waals surface area contributed by atoms with Gasteiger partial charge in [-0.3, -0.25) is 14.5 Å². The van der Waals surface area contributed by atoms with E-state index in [1.165, 1.54) is 16.7 Å². The highest BCUT2D eigenvalue weighted by Gasteiger charge is 2.35. The number of rotatable bonds is 7. The lowest BCUT2D eigenvalue weighted by Gasteiger charge is -2.15. The molecule has 6 nitrogen and oxygen atoms in total. The number of amides is 2. The van der Waals surface area contributed by atoms with Crippen LogP contribution in [0.5, 0.6) is 0 Å². The fourth-order valence-electron chi connectivity index (χ4n) is 2.30. The summed E-state index contributed by atoms with van der Waals surface area (Å²) in [6.07, 6.45) is 0.877. The Morgan fingerprint density at radius 3 is 2.52 bits per heavy atom. The van der Waals surface area contributed by atoms with Crippen molar-refractivity contribution >= 4 is 51.8 Å². The van der Waals surface area contributed by atoms with E-state index in [0.717, 1.165) is 6.42 Å². The van der Waals surface area contributed by atoms with Gasteiger partial charge in [-0.1, -0.05) is 30.9 Å². The number of anilines is 1. The summed E-state index contributed by atoms with van der Waals surface area (Å²) in [4.78, 5) is 37.3. The number of hydrogen-bond donors (Lipinski definition) is 1. The number of thiocarbonyl (C=S) groups is 1. The minimum Gasteiger partial charge on any atom is -0.462 e. The summed E-state index contributed by atoms with van der Waals surface area (Å²) in [5, 5.41) is 2.61. The quantitative estimate of drug-likeness (QED) is 0.579. The zero-order chi connectivity index (χ0) is 18.4. The minimum absolute atomic E-state index is 0.0240. The molecule has 1 aromatic rings. The molecule has 134 valence electrons. The average Bonchev–Trinajstić information content (AvgIpc) is 2.87. The summed E-state index contributed by atoms with van der Waals surface area (Å²) in [6, 6.07) is 6.46. The molecule has 1 aromatic carbocycles. The molecule has 1 atom stereocenters. The summed E-state index contributed by atoms with van der Waals surface area (Å²) in [5.74, 6) is -0.641. The van der Waals surface area contributed by atoms with Crippen LogP contribution in [0.1, 0.15) is 37.0 Å². The van der Waals surface area contributed by atoms with Gasteiger partial charge in [-0.25, -0.2) is 4.79 Å². The molecule has 1 heterocycles. The van der Waals surface area contributed by atoms with Crippen LogP contribution in [-0.2, 0) is 14.3 Å². The zero-order valence-electron chi connectivity index (χ0n) is 14.1. The fourth-order valence-corrected chi connectivity index (χ4v) is 3.78. The number of thioether (sulfide) groups is 1. The summed E-state index contributed by atoms with van der Waals surface area (Å²) < 4.78 is 5.44. The van der Waals surface area contributed by atoms with Crippen LogP contribution < -0.4 is 5.32 Å². The van der Waals surface area contributed by atoms with Gasteiger partial charge in [0.1, 0.15) is 4.32 Å². The number of ether oxygens (including phenoxy) is 1. The van der Waals surface area contributed by atoms with Gasteiger partial charge >= 0.3 is 5.97 Å². The van der Waals surface area contributed by atoms with Gasteiger partial charge in [0.15, 0.2) is 0 Å². The SMILES string of the molecule is CCOC(=O)c1ccc(NC(=O)CCN2C(=O)C(CC)SC2=S)cc1. The predicted molar refractivity (Wildman–Crippen MR) is 102 cm³/mol. The Balaban J connectivity index is 1.85. The molecule has 0 saturated carbocycles. The molecule has 0 aliphatic carbocycles. The number of benzene rings is 1. The molecule has 8 heteroatoms. The van der Waals surface area contributed by atoms with Crippen LogP contribution in [0.15, 0.2) is 24.3 Å². The molecule has 2 amide bonds. The van der Waals surface area contributed by atoms with E-state index in [9.17, 15) is 14.4 Å². The van der Waals surface area contributed by atoms with Crippen molar-refractivity contribution in [2.75, 3.05) is 18.5 Å². The van der Waals surface area contributed by atoms with E-state index in [2.05, 4.69) is 5.32 Å². The minimum atomic E-state index is -0.399. The molecule has 1 aliphatic rings. The fraction of sp³-hybridized carbons (Fsp3) is 0.412. The second-order valence-corrected chi connectivity index (χ2v) is 7.20. The van der Waals surface area contributed by atoms with Gasteiger partial charge in [0, 0.05) is 18.7 Å². The number of nitrogens with zero attached hydrogens (tertiary/aromatic N) is 1. The molecule has 25 heavy (non-hydrogen) atoms. The Hall–Kier alpha value is -1.93. The predicted octanol–water partition coefficient (Wildman–Crippen LogP) is 2.83. The van der Waals surface area contributed by atoms with Crippen LogP contribution in [0.25, 0.3) is 0 Å². The first-order valence-corrected chi connectivity index (χ1v) is 9.34. The zero-order valence-corrected chi connectivity index (χ0v) is 15.7. The van der Waals surface area contributed by atoms with E-state index < -0.39 is 5.97 Å². The van der Waals surface area contributed by atoms with Gasteiger partial charge in [0.2, 0.25) is 11.8 Å². The van der Waals surface area contributed by atoms with Crippen LogP contribution in [-0.4, -0.2) is 45.4 Å². The summed E-state index contributed by atoms with van der Waals surface area (Å²) in [6.45, 7) is 4.26. The molecule has 1 aliphatic heterocycles. The van der Waals surface area contributed by atoms with E-state index in [4.69, 9.17) is 17.0 Å². The normalized spacial score (nSPS) is 16.9. The Bertz CT molecular complexity index is 676. The van der Waals surface area contributed by atoms with Crippen LogP contribution in [0.3, 0.4) is 0 Å². The lowest BCUT2D eigenvalue weighted by atomic mass is 10.2. The summed E-state index contributed by atoms with van der Waals surface area (Å²) in [7, 11) is 0. The van der Waals surface area contributed by atoms with Gasteiger partial charge in [-0.05, 0) is 37.6 Å². The van der Waals surface area contributed by atoms with Gasteiger partial charge in [-0.15, -0.1) is 0 Å². The van der Waals surface area contributed by atoms with E-state index in [1.54, 1.807) is 31.2 Å². The molecular formula is C17H20N2O4S2. The highest BCUT2D eigenvalue weighted by molar-refractivity contribution is 8.24. The second kappa shape index (κ2) is 8.96. The van der Waals surface area contributed by atoms with Crippen molar-refractivity contribution in [1.29, 1.82) is 0 Å². The lowest BCUT2D eigenvalue weighted by molar-refractivity contribution is -0.126. The molecule has 0 radical (unpaired) electrons. The number of esters is 1. The molecule has 2 rings (SSSR count). The number of carbonyl (C=O) groups excluding carboxylic acids is 3. The van der Waals surface area contributed by atoms with Crippen LogP contribution in [0.2, 0.25) is 0 Å². The maximum Gasteiger partial charge on any atom is 0.338 e. The van der Waals surface area contributed by atoms with Crippen molar-refractivity contribution in [2.45, 2.75) is 31.9 Å². The Labute approximate surface area is 156 Å². The lowest BCUT2D eigenvalue weighted by Crippen LogP contribution is -2.33. The molecule has 1 fully saturated rings. The number of carbonyl (C=O) groups is 3. The second-order valence-electron chi connectivity index (χ2n) is 5.37. The molecule has 1 saturated heterocycles. The molecule has 0 bridgehead atoms. The van der Waals surface area contributed by atoms with Gasteiger partial charge in [-0.2, -0.15) is 0 Å². The van der Waals surface area contributed by atoms with Crippen LogP contribution in [0.4, 0.5) is 5.69 Å². The standard InChI is InChI=1S/C17H20N2O4S2/c1-3-13-15(21)19(17(24)25-13)10-9-14(20)18-12-7-5-11(6-8-12)16(22)23-4-2/h5-8,13H,3-4,9-10H2,1-2H3,(H,18,20). The monoisotopic (exact) mass is 380 g/mol. The van der Waals surface area contributed by atoms with Crippen molar-refractivity contribution in [3.8, 4) is 0 Å². The Morgan fingerprint density at radius 1 is 1.28 bits per heavy atom. The topological polar surface area (TPSA) is 75.7 Å². The van der Waals surface area contributed by atoms with E-state index in [-0.39, 0.29) is 30.0 Å². The van der Waals surface area contributed by atoms with Crippen molar-refractivity contribution in [3.63, 3.8) is 0 Å². The molecular weight excluding hydrogens is 360 g/mol. The van der Waals surface area contributed by atoms with E-state index >= 15 is 0 Å². The van der Waals surface area contributed by atoms with E-state index in [0.29, 0.717) is 22.2 Å². The molecule has 1 unspecified atom stereocenters. The third kappa shape index (κ3) is 5.02. The van der Waals surface area contributed by atoms with Gasteiger partial charge in [0.25, 0.3) is 0 Å². The summed E-state index contributed by atoms with van der Waals surface area (Å²) >= 11 is 6.57.